The lowest BCUT2D eigenvalue weighted by Gasteiger charge is -2.31. The Hall–Kier alpha value is -2.64. The molecule has 0 bridgehead atoms. The van der Waals surface area contributed by atoms with Crippen LogP contribution in [-0.4, -0.2) is 33.4 Å². The number of rotatable bonds is 4. The van der Waals surface area contributed by atoms with Crippen LogP contribution in [0.4, 0.5) is 13.2 Å². The number of benzene rings is 1. The van der Waals surface area contributed by atoms with E-state index in [0.29, 0.717) is 5.56 Å². The van der Waals surface area contributed by atoms with Crippen LogP contribution in [0.5, 0.6) is 0 Å². The summed E-state index contributed by atoms with van der Waals surface area (Å²) in [4.78, 5) is 30.7. The van der Waals surface area contributed by atoms with Gasteiger partial charge < -0.3 is 4.90 Å². The number of carbonyl (C=O) groups excluding carboxylic acids is 1. The average molecular weight is 393 g/mol. The molecule has 0 spiro atoms. The molecule has 8 heteroatoms. The quantitative estimate of drug-likeness (QED) is 0.796. The Bertz CT molecular complexity index is 885. The number of nitrogens with zero attached hydrogens (tertiary/aromatic N) is 3. The molecule has 0 radical (unpaired) electrons. The van der Waals surface area contributed by atoms with Gasteiger partial charge in [0.05, 0.1) is 17.6 Å². The maximum absolute atomic E-state index is 12.7. The van der Waals surface area contributed by atoms with E-state index in [1.165, 1.54) is 35.5 Å². The van der Waals surface area contributed by atoms with Crippen LogP contribution < -0.4 is 5.56 Å². The van der Waals surface area contributed by atoms with Crippen LogP contribution in [0.2, 0.25) is 0 Å². The first-order valence-corrected chi connectivity index (χ1v) is 9.25. The Morgan fingerprint density at radius 1 is 1.18 bits per heavy atom. The molecule has 5 nitrogen and oxygen atoms in total. The fourth-order valence-corrected chi connectivity index (χ4v) is 3.46. The molecule has 28 heavy (non-hydrogen) atoms. The Balaban J connectivity index is 1.71. The summed E-state index contributed by atoms with van der Waals surface area (Å²) in [6.45, 7) is -0.105. The molecule has 150 valence electrons. The van der Waals surface area contributed by atoms with Crippen molar-refractivity contribution < 1.29 is 18.0 Å². The summed E-state index contributed by atoms with van der Waals surface area (Å²) in [5.41, 5.74) is -0.512. The molecule has 1 aromatic carbocycles. The Labute approximate surface area is 160 Å². The van der Waals surface area contributed by atoms with Gasteiger partial charge >= 0.3 is 6.18 Å². The summed E-state index contributed by atoms with van der Waals surface area (Å²) >= 11 is 0. The molecule has 1 amide bonds. The van der Waals surface area contributed by atoms with Crippen molar-refractivity contribution in [2.75, 3.05) is 7.05 Å². The van der Waals surface area contributed by atoms with Gasteiger partial charge in [0.1, 0.15) is 6.54 Å². The minimum absolute atomic E-state index is 0.105. The fourth-order valence-electron chi connectivity index (χ4n) is 3.46. The van der Waals surface area contributed by atoms with Gasteiger partial charge in [0.15, 0.2) is 0 Å². The number of halogens is 3. The van der Waals surface area contributed by atoms with Crippen molar-refractivity contribution in [2.24, 2.45) is 0 Å². The molecule has 0 aliphatic heterocycles. The molecule has 0 N–H and O–H groups in total. The molecule has 1 aliphatic rings. The largest absolute Gasteiger partial charge is 0.416 e. The standard InChI is InChI=1S/C20H22F3N3O2/c1-25(16-5-3-2-4-6-16)19(28)12-26-13-24-17(11-18(26)27)14-7-9-15(10-8-14)20(21,22)23/h7-11,13,16H,2-6,12H2,1H3. The van der Waals surface area contributed by atoms with E-state index >= 15 is 0 Å². The number of amides is 1. The Morgan fingerprint density at radius 3 is 2.39 bits per heavy atom. The summed E-state index contributed by atoms with van der Waals surface area (Å²) < 4.78 is 39.2. The summed E-state index contributed by atoms with van der Waals surface area (Å²) in [5.74, 6) is -0.155. The van der Waals surface area contributed by atoms with Crippen molar-refractivity contribution in [3.8, 4) is 11.3 Å². The Morgan fingerprint density at radius 2 is 1.82 bits per heavy atom. The molecular weight excluding hydrogens is 371 g/mol. The summed E-state index contributed by atoms with van der Waals surface area (Å²) in [6, 6.07) is 5.89. The van der Waals surface area contributed by atoms with Gasteiger partial charge in [-0.1, -0.05) is 31.4 Å². The second-order valence-electron chi connectivity index (χ2n) is 7.11. The molecule has 1 heterocycles. The Kier molecular flexibility index (Phi) is 5.86. The topological polar surface area (TPSA) is 55.2 Å². The first kappa shape index (κ1) is 20.1. The average Bonchev–Trinajstić information content (AvgIpc) is 2.69. The van der Waals surface area contributed by atoms with Gasteiger partial charge in [0.25, 0.3) is 5.56 Å². The number of aromatic nitrogens is 2. The SMILES string of the molecule is CN(C(=O)Cn1cnc(-c2ccc(C(F)(F)F)cc2)cc1=O)C1CCCCC1. The number of hydrogen-bond donors (Lipinski definition) is 0. The van der Waals surface area contributed by atoms with Gasteiger partial charge in [0, 0.05) is 24.7 Å². The van der Waals surface area contributed by atoms with E-state index in [1.807, 2.05) is 0 Å². The summed E-state index contributed by atoms with van der Waals surface area (Å²) in [7, 11) is 1.76. The number of likely N-dealkylation sites (N-methyl/N-ethyl adjacent to an activating group) is 1. The molecule has 0 saturated heterocycles. The number of carbonyl (C=O) groups is 1. The van der Waals surface area contributed by atoms with Crippen LogP contribution in [-0.2, 0) is 17.5 Å². The summed E-state index contributed by atoms with van der Waals surface area (Å²) in [5, 5.41) is 0. The molecule has 0 unspecified atom stereocenters. The molecule has 2 aromatic rings. The lowest BCUT2D eigenvalue weighted by Crippen LogP contribution is -2.41. The molecule has 1 saturated carbocycles. The van der Waals surface area contributed by atoms with Crippen LogP contribution in [0, 0.1) is 0 Å². The van der Waals surface area contributed by atoms with Crippen molar-refractivity contribution in [3.63, 3.8) is 0 Å². The highest BCUT2D eigenvalue weighted by molar-refractivity contribution is 5.76. The highest BCUT2D eigenvalue weighted by Crippen LogP contribution is 2.30. The third-order valence-corrected chi connectivity index (χ3v) is 5.21. The minimum atomic E-state index is -4.42. The first-order chi connectivity index (χ1) is 13.3. The molecule has 1 aromatic heterocycles. The highest BCUT2D eigenvalue weighted by Gasteiger charge is 2.30. The zero-order chi connectivity index (χ0) is 20.3. The minimum Gasteiger partial charge on any atom is -0.341 e. The van der Waals surface area contributed by atoms with E-state index in [0.717, 1.165) is 37.8 Å². The zero-order valence-electron chi connectivity index (χ0n) is 15.6. The third-order valence-electron chi connectivity index (χ3n) is 5.21. The van der Waals surface area contributed by atoms with Crippen molar-refractivity contribution in [3.05, 3.63) is 52.6 Å². The molecule has 1 aliphatic carbocycles. The van der Waals surface area contributed by atoms with Crippen LogP contribution in [0.15, 0.2) is 41.5 Å². The van der Waals surface area contributed by atoms with Crippen molar-refractivity contribution >= 4 is 5.91 Å². The van der Waals surface area contributed by atoms with E-state index in [9.17, 15) is 22.8 Å². The van der Waals surface area contributed by atoms with E-state index in [-0.39, 0.29) is 24.2 Å². The van der Waals surface area contributed by atoms with E-state index < -0.39 is 17.3 Å². The first-order valence-electron chi connectivity index (χ1n) is 9.25. The predicted octanol–water partition coefficient (Wildman–Crippen LogP) is 3.72. The second-order valence-corrected chi connectivity index (χ2v) is 7.11. The van der Waals surface area contributed by atoms with Crippen LogP contribution in [0.1, 0.15) is 37.7 Å². The van der Waals surface area contributed by atoms with Gasteiger partial charge in [0.2, 0.25) is 5.91 Å². The third kappa shape index (κ3) is 4.61. The molecule has 0 atom stereocenters. The lowest BCUT2D eigenvalue weighted by molar-refractivity contribution is -0.137. The van der Waals surface area contributed by atoms with E-state index in [2.05, 4.69) is 4.98 Å². The molecular formula is C20H22F3N3O2. The molecule has 3 rings (SSSR count). The van der Waals surface area contributed by atoms with Crippen LogP contribution >= 0.6 is 0 Å². The van der Waals surface area contributed by atoms with Crippen molar-refractivity contribution in [1.29, 1.82) is 0 Å². The summed E-state index contributed by atoms with van der Waals surface area (Å²) in [6.07, 6.45) is 2.19. The monoisotopic (exact) mass is 393 g/mol. The van der Waals surface area contributed by atoms with Gasteiger partial charge in [-0.3, -0.25) is 14.2 Å². The smallest absolute Gasteiger partial charge is 0.341 e. The molecule has 1 fully saturated rings. The van der Waals surface area contributed by atoms with Gasteiger partial charge in [-0.25, -0.2) is 4.98 Å². The van der Waals surface area contributed by atoms with Crippen molar-refractivity contribution in [2.45, 2.75) is 50.9 Å². The van der Waals surface area contributed by atoms with Crippen LogP contribution in [0.3, 0.4) is 0 Å². The lowest BCUT2D eigenvalue weighted by atomic mass is 9.94. The van der Waals surface area contributed by atoms with Gasteiger partial charge in [-0.15, -0.1) is 0 Å². The number of alkyl halides is 3. The van der Waals surface area contributed by atoms with Crippen LogP contribution in [0.25, 0.3) is 11.3 Å². The number of hydrogen-bond acceptors (Lipinski definition) is 3. The van der Waals surface area contributed by atoms with E-state index in [1.54, 1.807) is 11.9 Å². The predicted molar refractivity (Wildman–Crippen MR) is 98.6 cm³/mol. The maximum atomic E-state index is 12.7. The fraction of sp³-hybridized carbons (Fsp3) is 0.450. The van der Waals surface area contributed by atoms with Crippen molar-refractivity contribution in [1.82, 2.24) is 14.5 Å². The van der Waals surface area contributed by atoms with Gasteiger partial charge in [-0.05, 0) is 25.0 Å². The second kappa shape index (κ2) is 8.16. The van der Waals surface area contributed by atoms with Gasteiger partial charge in [-0.2, -0.15) is 13.2 Å². The maximum Gasteiger partial charge on any atom is 0.416 e. The highest BCUT2D eigenvalue weighted by atomic mass is 19.4. The zero-order valence-corrected chi connectivity index (χ0v) is 15.6. The normalized spacial score (nSPS) is 15.4. The van der Waals surface area contributed by atoms with E-state index in [4.69, 9.17) is 0 Å².